The van der Waals surface area contributed by atoms with Crippen molar-refractivity contribution in [2.24, 2.45) is 0 Å². The number of hydrogen-bond donors (Lipinski definition) is 1. The molecular formula is C21H22N2O5S. The van der Waals surface area contributed by atoms with E-state index in [9.17, 15) is 9.59 Å². The lowest BCUT2D eigenvalue weighted by Crippen LogP contribution is -2.09. The molecule has 8 heteroatoms. The Morgan fingerprint density at radius 3 is 2.62 bits per heavy atom. The number of aryl methyl sites for hydroxylation is 1. The van der Waals surface area contributed by atoms with Crippen molar-refractivity contribution >= 4 is 23.3 Å². The van der Waals surface area contributed by atoms with Crippen molar-refractivity contribution in [3.05, 3.63) is 57.9 Å². The molecule has 3 rings (SSSR count). The number of hydrogen-bond acceptors (Lipinski definition) is 7. The third-order valence-electron chi connectivity index (χ3n) is 4.36. The Kier molecular flexibility index (Phi) is 6.33. The van der Waals surface area contributed by atoms with Crippen LogP contribution in [0, 0.1) is 13.8 Å². The molecule has 0 aliphatic rings. The van der Waals surface area contributed by atoms with Crippen LogP contribution >= 0.6 is 11.3 Å². The van der Waals surface area contributed by atoms with Gasteiger partial charge >= 0.3 is 11.9 Å². The molecule has 3 aromatic rings. The summed E-state index contributed by atoms with van der Waals surface area (Å²) in [6, 6.07) is 7.60. The largest absolute Gasteiger partial charge is 0.496 e. The molecule has 2 heterocycles. The standard InChI is InChI=1S/C21H22N2O5S/c1-5-27-20(24)17-12(2)18(22-13(17)3)21(25)28-10-14-11-29-19(23-14)15-8-6-7-9-16(15)26-4/h6-9,11,22H,5,10H2,1-4H3. The fourth-order valence-electron chi connectivity index (χ4n) is 2.99. The summed E-state index contributed by atoms with van der Waals surface area (Å²) in [7, 11) is 1.61. The van der Waals surface area contributed by atoms with Gasteiger partial charge in [-0.15, -0.1) is 11.3 Å². The summed E-state index contributed by atoms with van der Waals surface area (Å²) in [5.41, 5.74) is 3.21. The van der Waals surface area contributed by atoms with Crippen LogP contribution in [0.25, 0.3) is 10.6 Å². The maximum atomic E-state index is 12.5. The molecule has 0 fully saturated rings. The first-order chi connectivity index (χ1) is 14.0. The molecule has 2 aromatic heterocycles. The molecule has 0 aliphatic heterocycles. The van der Waals surface area contributed by atoms with Gasteiger partial charge in [-0.25, -0.2) is 14.6 Å². The number of aromatic nitrogens is 2. The molecule has 0 saturated carbocycles. The topological polar surface area (TPSA) is 90.5 Å². The number of methoxy groups -OCH3 is 1. The highest BCUT2D eigenvalue weighted by Gasteiger charge is 2.24. The summed E-state index contributed by atoms with van der Waals surface area (Å²) in [5, 5.41) is 2.62. The van der Waals surface area contributed by atoms with Crippen molar-refractivity contribution in [1.29, 1.82) is 0 Å². The number of nitrogens with zero attached hydrogens (tertiary/aromatic N) is 1. The molecule has 0 bridgehead atoms. The summed E-state index contributed by atoms with van der Waals surface area (Å²) < 4.78 is 15.8. The molecule has 0 atom stereocenters. The van der Waals surface area contributed by atoms with E-state index < -0.39 is 11.9 Å². The van der Waals surface area contributed by atoms with Crippen molar-refractivity contribution in [3.8, 4) is 16.3 Å². The second kappa shape index (κ2) is 8.91. The number of nitrogens with one attached hydrogen (secondary N) is 1. The maximum Gasteiger partial charge on any atom is 0.355 e. The SMILES string of the molecule is CCOC(=O)c1c(C)[nH]c(C(=O)OCc2csc(-c3ccccc3OC)n2)c1C. The molecular weight excluding hydrogens is 392 g/mol. The highest BCUT2D eigenvalue weighted by atomic mass is 32.1. The fraction of sp³-hybridized carbons (Fsp3) is 0.286. The average molecular weight is 414 g/mol. The minimum Gasteiger partial charge on any atom is -0.496 e. The van der Waals surface area contributed by atoms with Gasteiger partial charge in [0.1, 0.15) is 23.1 Å². The predicted octanol–water partition coefficient (Wildman–Crippen LogP) is 4.30. The van der Waals surface area contributed by atoms with Crippen molar-refractivity contribution in [2.45, 2.75) is 27.4 Å². The highest BCUT2D eigenvalue weighted by molar-refractivity contribution is 7.13. The lowest BCUT2D eigenvalue weighted by molar-refractivity contribution is 0.0461. The van der Waals surface area contributed by atoms with Crippen LogP contribution in [0.2, 0.25) is 0 Å². The number of thiazole rings is 1. The van der Waals surface area contributed by atoms with Crippen LogP contribution in [0.15, 0.2) is 29.6 Å². The molecule has 1 N–H and O–H groups in total. The van der Waals surface area contributed by atoms with Crippen LogP contribution in [0.3, 0.4) is 0 Å². The molecule has 0 unspecified atom stereocenters. The first kappa shape index (κ1) is 20.6. The van der Waals surface area contributed by atoms with Crippen molar-refractivity contribution in [1.82, 2.24) is 9.97 Å². The zero-order valence-corrected chi connectivity index (χ0v) is 17.5. The van der Waals surface area contributed by atoms with E-state index in [1.54, 1.807) is 27.9 Å². The van der Waals surface area contributed by atoms with Gasteiger partial charge < -0.3 is 19.2 Å². The van der Waals surface area contributed by atoms with E-state index in [1.165, 1.54) is 11.3 Å². The molecule has 0 radical (unpaired) electrons. The minimum absolute atomic E-state index is 0.0245. The monoisotopic (exact) mass is 414 g/mol. The van der Waals surface area contributed by atoms with E-state index in [1.807, 2.05) is 29.6 Å². The smallest absolute Gasteiger partial charge is 0.355 e. The van der Waals surface area contributed by atoms with Gasteiger partial charge in [-0.2, -0.15) is 0 Å². The first-order valence-corrected chi connectivity index (χ1v) is 9.95. The summed E-state index contributed by atoms with van der Waals surface area (Å²) in [5.74, 6) is -0.277. The van der Waals surface area contributed by atoms with Crippen LogP contribution in [0.5, 0.6) is 5.75 Å². The normalized spacial score (nSPS) is 10.6. The number of esters is 2. The first-order valence-electron chi connectivity index (χ1n) is 9.07. The van der Waals surface area contributed by atoms with Crippen LogP contribution in [-0.4, -0.2) is 35.6 Å². The average Bonchev–Trinajstić information content (AvgIpc) is 3.30. The van der Waals surface area contributed by atoms with Crippen molar-refractivity contribution < 1.29 is 23.8 Å². The van der Waals surface area contributed by atoms with Crippen molar-refractivity contribution in [3.63, 3.8) is 0 Å². The number of carbonyl (C=O) groups is 2. The lowest BCUT2D eigenvalue weighted by Gasteiger charge is -2.05. The Morgan fingerprint density at radius 2 is 1.90 bits per heavy atom. The van der Waals surface area contributed by atoms with E-state index >= 15 is 0 Å². The number of rotatable bonds is 7. The van der Waals surface area contributed by atoms with Gasteiger partial charge in [-0.1, -0.05) is 12.1 Å². The number of aromatic amines is 1. The molecule has 0 amide bonds. The number of para-hydroxylation sites is 1. The third-order valence-corrected chi connectivity index (χ3v) is 5.29. The van der Waals surface area contributed by atoms with Gasteiger partial charge in [0.15, 0.2) is 0 Å². The molecule has 7 nitrogen and oxygen atoms in total. The zero-order valence-electron chi connectivity index (χ0n) is 16.7. The number of carbonyl (C=O) groups excluding carboxylic acids is 2. The zero-order chi connectivity index (χ0) is 21.0. The molecule has 0 saturated heterocycles. The second-order valence-electron chi connectivity index (χ2n) is 6.27. The van der Waals surface area contributed by atoms with Gasteiger partial charge in [0.2, 0.25) is 0 Å². The van der Waals surface area contributed by atoms with E-state index in [2.05, 4.69) is 9.97 Å². The summed E-state index contributed by atoms with van der Waals surface area (Å²) >= 11 is 1.45. The van der Waals surface area contributed by atoms with Gasteiger partial charge in [-0.3, -0.25) is 0 Å². The Hall–Kier alpha value is -3.13. The van der Waals surface area contributed by atoms with Gasteiger partial charge in [0.05, 0.1) is 30.5 Å². The summed E-state index contributed by atoms with van der Waals surface area (Å²) in [6.45, 7) is 5.43. The quantitative estimate of drug-likeness (QED) is 0.580. The van der Waals surface area contributed by atoms with Crippen LogP contribution in [0.4, 0.5) is 0 Å². The fourth-order valence-corrected chi connectivity index (χ4v) is 3.83. The number of benzene rings is 1. The molecule has 152 valence electrons. The van der Waals surface area contributed by atoms with Crippen LogP contribution in [0.1, 0.15) is 44.7 Å². The van der Waals surface area contributed by atoms with Crippen LogP contribution < -0.4 is 4.74 Å². The van der Waals surface area contributed by atoms with E-state index in [0.29, 0.717) is 22.5 Å². The second-order valence-corrected chi connectivity index (χ2v) is 7.12. The van der Waals surface area contributed by atoms with Crippen LogP contribution in [-0.2, 0) is 16.1 Å². The Morgan fingerprint density at radius 1 is 1.14 bits per heavy atom. The van der Waals surface area contributed by atoms with E-state index in [-0.39, 0.29) is 18.9 Å². The number of ether oxygens (including phenoxy) is 3. The van der Waals surface area contributed by atoms with E-state index in [4.69, 9.17) is 14.2 Å². The summed E-state index contributed by atoms with van der Waals surface area (Å²) in [6.07, 6.45) is 0. The predicted molar refractivity (Wildman–Crippen MR) is 109 cm³/mol. The Bertz CT molecular complexity index is 1040. The van der Waals surface area contributed by atoms with Gasteiger partial charge in [0, 0.05) is 11.1 Å². The minimum atomic E-state index is -0.548. The molecule has 0 spiro atoms. The molecule has 29 heavy (non-hydrogen) atoms. The molecule has 0 aliphatic carbocycles. The maximum absolute atomic E-state index is 12.5. The third kappa shape index (κ3) is 4.32. The summed E-state index contributed by atoms with van der Waals surface area (Å²) in [4.78, 5) is 32.0. The number of H-pyrrole nitrogens is 1. The highest BCUT2D eigenvalue weighted by Crippen LogP contribution is 2.32. The van der Waals surface area contributed by atoms with E-state index in [0.717, 1.165) is 16.3 Å². The Labute approximate surface area is 172 Å². The Balaban J connectivity index is 1.72. The lowest BCUT2D eigenvalue weighted by atomic mass is 10.1. The van der Waals surface area contributed by atoms with Gasteiger partial charge in [0.25, 0.3) is 0 Å². The molecule has 1 aromatic carbocycles. The van der Waals surface area contributed by atoms with Gasteiger partial charge in [-0.05, 0) is 38.5 Å². The van der Waals surface area contributed by atoms with Crippen molar-refractivity contribution in [2.75, 3.05) is 13.7 Å².